The van der Waals surface area contributed by atoms with Gasteiger partial charge < -0.3 is 10.1 Å². The lowest BCUT2D eigenvalue weighted by molar-refractivity contribution is 0.1000. The van der Waals surface area contributed by atoms with Crippen molar-refractivity contribution in [3.63, 3.8) is 0 Å². The third-order valence-corrected chi connectivity index (χ3v) is 6.18. The van der Waals surface area contributed by atoms with Crippen molar-refractivity contribution in [1.82, 2.24) is 9.55 Å². The van der Waals surface area contributed by atoms with Gasteiger partial charge in [-0.1, -0.05) is 36.7 Å². The summed E-state index contributed by atoms with van der Waals surface area (Å²) >= 11 is 6.12. The number of hydrogen-bond acceptors (Lipinski definition) is 4. The van der Waals surface area contributed by atoms with E-state index in [-0.39, 0.29) is 28.7 Å². The molecule has 2 unspecified atom stereocenters. The van der Waals surface area contributed by atoms with Crippen molar-refractivity contribution in [2.45, 2.75) is 26.5 Å². The van der Waals surface area contributed by atoms with Crippen LogP contribution in [0.3, 0.4) is 0 Å². The molecule has 4 aromatic rings. The molecule has 1 N–H and O–H groups in total. The smallest absolute Gasteiger partial charge is 0.261 e. The van der Waals surface area contributed by atoms with Crippen LogP contribution in [0.4, 0.5) is 15.8 Å². The molecule has 5 rings (SSSR count). The molecule has 2 aromatic carbocycles. The molecule has 32 heavy (non-hydrogen) atoms. The minimum Gasteiger partial charge on any atom is -0.474 e. The van der Waals surface area contributed by atoms with Crippen LogP contribution in [0.1, 0.15) is 13.8 Å². The predicted octanol–water partition coefficient (Wildman–Crippen LogP) is 6.02. The van der Waals surface area contributed by atoms with Crippen molar-refractivity contribution >= 4 is 33.9 Å². The molecule has 162 valence electrons. The van der Waals surface area contributed by atoms with E-state index in [4.69, 9.17) is 16.3 Å². The lowest BCUT2D eigenvalue weighted by Crippen LogP contribution is -2.38. The van der Waals surface area contributed by atoms with Crippen LogP contribution in [0.5, 0.6) is 5.88 Å². The zero-order valence-electron chi connectivity index (χ0n) is 17.6. The topological polar surface area (TPSA) is 56.2 Å². The molecule has 0 spiro atoms. The van der Waals surface area contributed by atoms with Crippen molar-refractivity contribution < 1.29 is 9.13 Å². The lowest BCUT2D eigenvalue weighted by Gasteiger charge is -2.32. The van der Waals surface area contributed by atoms with Gasteiger partial charge in [0.1, 0.15) is 17.6 Å². The molecule has 0 saturated heterocycles. The van der Waals surface area contributed by atoms with E-state index < -0.39 is 5.82 Å². The Kier molecular flexibility index (Phi) is 5.10. The minimum absolute atomic E-state index is 0.0714. The van der Waals surface area contributed by atoms with Gasteiger partial charge in [0.15, 0.2) is 0 Å². The molecule has 1 aliphatic rings. The highest BCUT2D eigenvalue weighted by Crippen LogP contribution is 2.37. The van der Waals surface area contributed by atoms with Gasteiger partial charge >= 0.3 is 0 Å². The summed E-state index contributed by atoms with van der Waals surface area (Å²) in [4.78, 5) is 17.8. The number of benzene rings is 2. The van der Waals surface area contributed by atoms with Crippen molar-refractivity contribution in [3.05, 3.63) is 82.0 Å². The molecule has 0 amide bonds. The van der Waals surface area contributed by atoms with E-state index in [2.05, 4.69) is 10.3 Å². The molecule has 2 atom stereocenters. The lowest BCUT2D eigenvalue weighted by atomic mass is 10.0. The number of ether oxygens (including phenoxy) is 1. The number of pyridine rings is 2. The SMILES string of the molecule is CC1Cn2c(c(Nc3ccnc4ccccc34)cc(-c3cc(Cl)ccc3F)c2=O)OC1C. The first-order chi connectivity index (χ1) is 15.4. The zero-order chi connectivity index (χ0) is 22.4. The van der Waals surface area contributed by atoms with Crippen molar-refractivity contribution in [2.75, 3.05) is 5.32 Å². The van der Waals surface area contributed by atoms with E-state index in [1.807, 2.05) is 44.2 Å². The number of aromatic nitrogens is 2. The number of rotatable bonds is 3. The Hall–Kier alpha value is -3.38. The third-order valence-electron chi connectivity index (χ3n) is 5.95. The molecule has 0 bridgehead atoms. The maximum atomic E-state index is 14.7. The molecule has 0 fully saturated rings. The fraction of sp³-hybridized carbons (Fsp3) is 0.200. The minimum atomic E-state index is -0.509. The highest BCUT2D eigenvalue weighted by molar-refractivity contribution is 6.30. The average molecular weight is 450 g/mol. The van der Waals surface area contributed by atoms with Crippen LogP contribution in [0.2, 0.25) is 5.02 Å². The van der Waals surface area contributed by atoms with Gasteiger partial charge in [-0.15, -0.1) is 0 Å². The van der Waals surface area contributed by atoms with Crippen LogP contribution in [-0.2, 0) is 6.54 Å². The maximum absolute atomic E-state index is 14.7. The van der Waals surface area contributed by atoms with Crippen LogP contribution in [0.15, 0.2) is 65.6 Å². The van der Waals surface area contributed by atoms with Gasteiger partial charge in [-0.2, -0.15) is 0 Å². The maximum Gasteiger partial charge on any atom is 0.261 e. The van der Waals surface area contributed by atoms with Gasteiger partial charge in [0.2, 0.25) is 5.88 Å². The second-order valence-electron chi connectivity index (χ2n) is 8.12. The molecular weight excluding hydrogens is 429 g/mol. The molecule has 3 heterocycles. The number of halogens is 2. The van der Waals surface area contributed by atoms with Gasteiger partial charge in [-0.05, 0) is 43.3 Å². The monoisotopic (exact) mass is 449 g/mol. The third kappa shape index (κ3) is 3.50. The molecule has 0 saturated carbocycles. The molecule has 7 heteroatoms. The Morgan fingerprint density at radius 3 is 2.75 bits per heavy atom. The number of para-hydroxylation sites is 1. The predicted molar refractivity (Wildman–Crippen MR) is 125 cm³/mol. The fourth-order valence-electron chi connectivity index (χ4n) is 4.01. The van der Waals surface area contributed by atoms with Crippen LogP contribution in [-0.4, -0.2) is 15.7 Å². The van der Waals surface area contributed by atoms with Crippen LogP contribution in [0.25, 0.3) is 22.0 Å². The summed E-state index contributed by atoms with van der Waals surface area (Å²) in [5, 5.41) is 4.68. The van der Waals surface area contributed by atoms with Gasteiger partial charge in [0, 0.05) is 40.3 Å². The second-order valence-corrected chi connectivity index (χ2v) is 8.55. The van der Waals surface area contributed by atoms with Gasteiger partial charge in [-0.3, -0.25) is 14.3 Å². The van der Waals surface area contributed by atoms with Crippen LogP contribution < -0.4 is 15.6 Å². The van der Waals surface area contributed by atoms with E-state index in [9.17, 15) is 9.18 Å². The van der Waals surface area contributed by atoms with Crippen molar-refractivity contribution in [1.29, 1.82) is 0 Å². The summed E-state index contributed by atoms with van der Waals surface area (Å²) in [5.41, 5.74) is 2.29. The summed E-state index contributed by atoms with van der Waals surface area (Å²) in [7, 11) is 0. The standard InChI is InChI=1S/C25H21ClFN3O2/c1-14-13-30-24(31)19(18-11-16(26)7-8-20(18)27)12-23(25(30)32-15(14)2)29-22-9-10-28-21-6-4-3-5-17(21)22/h3-12,14-15H,13H2,1-2H3,(H,28,29). The van der Waals surface area contributed by atoms with Crippen molar-refractivity contribution in [3.8, 4) is 17.0 Å². The first-order valence-corrected chi connectivity index (χ1v) is 10.8. The van der Waals surface area contributed by atoms with Crippen LogP contribution in [0, 0.1) is 11.7 Å². The molecular formula is C25H21ClFN3O2. The summed E-state index contributed by atoms with van der Waals surface area (Å²) in [6, 6.07) is 15.5. The second kappa shape index (κ2) is 7.95. The van der Waals surface area contributed by atoms with Gasteiger partial charge in [0.25, 0.3) is 5.56 Å². The molecule has 2 aromatic heterocycles. The van der Waals surface area contributed by atoms with E-state index in [0.717, 1.165) is 16.6 Å². The van der Waals surface area contributed by atoms with E-state index in [1.54, 1.807) is 16.8 Å². The normalized spacial score (nSPS) is 17.6. The Morgan fingerprint density at radius 2 is 1.91 bits per heavy atom. The van der Waals surface area contributed by atoms with E-state index >= 15 is 0 Å². The summed E-state index contributed by atoms with van der Waals surface area (Å²) < 4.78 is 22.4. The average Bonchev–Trinajstić information content (AvgIpc) is 2.79. The number of nitrogens with one attached hydrogen (secondary N) is 1. The molecule has 1 aliphatic heterocycles. The van der Waals surface area contributed by atoms with Gasteiger partial charge in [0.05, 0.1) is 11.1 Å². The van der Waals surface area contributed by atoms with E-state index in [0.29, 0.717) is 23.1 Å². The Labute approximate surface area is 189 Å². The number of hydrogen-bond donors (Lipinski definition) is 1. The fourth-order valence-corrected chi connectivity index (χ4v) is 4.18. The number of anilines is 2. The Bertz CT molecular complexity index is 1400. The first-order valence-electron chi connectivity index (χ1n) is 10.4. The quantitative estimate of drug-likeness (QED) is 0.415. The summed E-state index contributed by atoms with van der Waals surface area (Å²) in [6.07, 6.45) is 1.65. The van der Waals surface area contributed by atoms with Crippen LogP contribution >= 0.6 is 11.6 Å². The largest absolute Gasteiger partial charge is 0.474 e. The van der Waals surface area contributed by atoms with Gasteiger partial charge in [-0.25, -0.2) is 4.39 Å². The summed E-state index contributed by atoms with van der Waals surface area (Å²) in [6.45, 7) is 4.47. The zero-order valence-corrected chi connectivity index (χ0v) is 18.4. The molecule has 5 nitrogen and oxygen atoms in total. The first kappa shape index (κ1) is 20.5. The Morgan fingerprint density at radius 1 is 1.09 bits per heavy atom. The molecule has 0 aliphatic carbocycles. The highest BCUT2D eigenvalue weighted by Gasteiger charge is 2.28. The van der Waals surface area contributed by atoms with Crippen molar-refractivity contribution in [2.24, 2.45) is 5.92 Å². The summed E-state index contributed by atoms with van der Waals surface area (Å²) in [5.74, 6) is 0.0486. The van der Waals surface area contributed by atoms with E-state index in [1.165, 1.54) is 18.2 Å². The number of nitrogens with zero attached hydrogens (tertiary/aromatic N) is 2. The highest BCUT2D eigenvalue weighted by atomic mass is 35.5. The Balaban J connectivity index is 1.73. The number of fused-ring (bicyclic) bond motifs is 2. The molecule has 0 radical (unpaired) electrons.